The standard InChI is InChI=1S/C17H19NO2/c1-17(18,13-6-4-7-14(11-13)19-2)15-8-3-5-12-9-10-20-16(12)15/h3-8,11H,9-10,18H2,1-2H3. The molecule has 3 nitrogen and oxygen atoms in total. The molecule has 0 aliphatic carbocycles. The molecule has 2 aromatic rings. The molecule has 1 atom stereocenters. The van der Waals surface area contributed by atoms with Crippen LogP contribution in [0, 0.1) is 0 Å². The van der Waals surface area contributed by atoms with Crippen molar-refractivity contribution in [2.24, 2.45) is 5.73 Å². The third kappa shape index (κ3) is 2.04. The van der Waals surface area contributed by atoms with Crippen LogP contribution in [-0.4, -0.2) is 13.7 Å². The van der Waals surface area contributed by atoms with Gasteiger partial charge in [-0.2, -0.15) is 0 Å². The van der Waals surface area contributed by atoms with Crippen molar-refractivity contribution < 1.29 is 9.47 Å². The summed E-state index contributed by atoms with van der Waals surface area (Å²) in [6.45, 7) is 2.75. The molecule has 0 saturated heterocycles. The van der Waals surface area contributed by atoms with Crippen molar-refractivity contribution in [1.82, 2.24) is 0 Å². The van der Waals surface area contributed by atoms with Crippen LogP contribution in [-0.2, 0) is 12.0 Å². The SMILES string of the molecule is COc1cccc(C(C)(N)c2cccc3c2OCC3)c1. The molecular formula is C17H19NO2. The largest absolute Gasteiger partial charge is 0.497 e. The van der Waals surface area contributed by atoms with E-state index >= 15 is 0 Å². The molecule has 3 heteroatoms. The van der Waals surface area contributed by atoms with E-state index in [1.54, 1.807) is 7.11 Å². The summed E-state index contributed by atoms with van der Waals surface area (Å²) in [5, 5.41) is 0. The summed E-state index contributed by atoms with van der Waals surface area (Å²) in [7, 11) is 1.66. The van der Waals surface area contributed by atoms with E-state index in [1.165, 1.54) is 5.56 Å². The predicted molar refractivity (Wildman–Crippen MR) is 79.3 cm³/mol. The van der Waals surface area contributed by atoms with Gasteiger partial charge in [0.05, 0.1) is 19.3 Å². The Balaban J connectivity index is 2.10. The molecule has 0 spiro atoms. The minimum atomic E-state index is -0.607. The Morgan fingerprint density at radius 1 is 1.20 bits per heavy atom. The molecule has 0 fully saturated rings. The molecule has 0 amide bonds. The van der Waals surface area contributed by atoms with Crippen LogP contribution in [0.2, 0.25) is 0 Å². The number of ether oxygens (including phenoxy) is 2. The Morgan fingerprint density at radius 2 is 2.00 bits per heavy atom. The second-order valence-electron chi connectivity index (χ2n) is 5.33. The smallest absolute Gasteiger partial charge is 0.128 e. The van der Waals surface area contributed by atoms with E-state index in [0.29, 0.717) is 0 Å². The molecule has 0 saturated carbocycles. The second kappa shape index (κ2) is 4.84. The Morgan fingerprint density at radius 3 is 2.80 bits per heavy atom. The maximum atomic E-state index is 6.62. The van der Waals surface area contributed by atoms with Gasteiger partial charge in [0.2, 0.25) is 0 Å². The van der Waals surface area contributed by atoms with Gasteiger partial charge in [-0.25, -0.2) is 0 Å². The zero-order valence-electron chi connectivity index (χ0n) is 11.8. The van der Waals surface area contributed by atoms with Gasteiger partial charge in [-0.15, -0.1) is 0 Å². The number of methoxy groups -OCH3 is 1. The van der Waals surface area contributed by atoms with Gasteiger partial charge in [0.25, 0.3) is 0 Å². The summed E-state index contributed by atoms with van der Waals surface area (Å²) in [5.41, 5.74) is 9.29. The number of para-hydroxylation sites is 1. The molecule has 0 aromatic heterocycles. The second-order valence-corrected chi connectivity index (χ2v) is 5.33. The van der Waals surface area contributed by atoms with Crippen LogP contribution in [0.3, 0.4) is 0 Å². The molecule has 0 bridgehead atoms. The first-order valence-corrected chi connectivity index (χ1v) is 6.81. The normalized spacial score (nSPS) is 16.1. The maximum Gasteiger partial charge on any atom is 0.128 e. The average molecular weight is 269 g/mol. The first-order chi connectivity index (χ1) is 9.63. The van der Waals surface area contributed by atoms with Crippen molar-refractivity contribution in [3.63, 3.8) is 0 Å². The lowest BCUT2D eigenvalue weighted by Crippen LogP contribution is -2.34. The summed E-state index contributed by atoms with van der Waals surface area (Å²) in [4.78, 5) is 0. The average Bonchev–Trinajstić information content (AvgIpc) is 2.95. The molecule has 1 aliphatic heterocycles. The van der Waals surface area contributed by atoms with Gasteiger partial charge in [0.1, 0.15) is 11.5 Å². The van der Waals surface area contributed by atoms with E-state index in [9.17, 15) is 0 Å². The first kappa shape index (κ1) is 13.0. The quantitative estimate of drug-likeness (QED) is 0.932. The van der Waals surface area contributed by atoms with E-state index in [1.807, 2.05) is 43.3 Å². The van der Waals surface area contributed by atoms with Crippen molar-refractivity contribution in [1.29, 1.82) is 0 Å². The van der Waals surface area contributed by atoms with Gasteiger partial charge in [-0.3, -0.25) is 0 Å². The van der Waals surface area contributed by atoms with Crippen molar-refractivity contribution in [2.75, 3.05) is 13.7 Å². The highest BCUT2D eigenvalue weighted by Gasteiger charge is 2.30. The van der Waals surface area contributed by atoms with E-state index in [-0.39, 0.29) is 0 Å². The van der Waals surface area contributed by atoms with Crippen LogP contribution >= 0.6 is 0 Å². The van der Waals surface area contributed by atoms with E-state index in [0.717, 1.165) is 35.7 Å². The zero-order chi connectivity index (χ0) is 14.2. The number of benzene rings is 2. The molecule has 0 radical (unpaired) electrons. The van der Waals surface area contributed by atoms with Gasteiger partial charge in [-0.05, 0) is 30.2 Å². The van der Waals surface area contributed by atoms with Gasteiger partial charge in [-0.1, -0.05) is 30.3 Å². The van der Waals surface area contributed by atoms with Gasteiger partial charge in [0, 0.05) is 12.0 Å². The fourth-order valence-electron chi connectivity index (χ4n) is 2.73. The fraction of sp³-hybridized carbons (Fsp3) is 0.294. The van der Waals surface area contributed by atoms with Crippen molar-refractivity contribution in [3.05, 3.63) is 59.2 Å². The lowest BCUT2D eigenvalue weighted by molar-refractivity contribution is 0.347. The van der Waals surface area contributed by atoms with Gasteiger partial charge < -0.3 is 15.2 Å². The lowest BCUT2D eigenvalue weighted by Gasteiger charge is -2.28. The summed E-state index contributed by atoms with van der Waals surface area (Å²) in [6, 6.07) is 14.1. The molecule has 2 aromatic carbocycles. The topological polar surface area (TPSA) is 44.5 Å². The Bertz CT molecular complexity index is 635. The van der Waals surface area contributed by atoms with E-state index in [2.05, 4.69) is 6.07 Å². The summed E-state index contributed by atoms with van der Waals surface area (Å²) in [5.74, 6) is 1.76. The van der Waals surface area contributed by atoms with Gasteiger partial charge >= 0.3 is 0 Å². The zero-order valence-corrected chi connectivity index (χ0v) is 11.8. The van der Waals surface area contributed by atoms with E-state index < -0.39 is 5.54 Å². The summed E-state index contributed by atoms with van der Waals surface area (Å²) in [6.07, 6.45) is 0.956. The number of fused-ring (bicyclic) bond motifs is 1. The van der Waals surface area contributed by atoms with Crippen LogP contribution in [0.25, 0.3) is 0 Å². The van der Waals surface area contributed by atoms with Crippen LogP contribution in [0.1, 0.15) is 23.6 Å². The first-order valence-electron chi connectivity index (χ1n) is 6.81. The highest BCUT2D eigenvalue weighted by atomic mass is 16.5. The Hall–Kier alpha value is -2.00. The van der Waals surface area contributed by atoms with Gasteiger partial charge in [0.15, 0.2) is 0 Å². The minimum Gasteiger partial charge on any atom is -0.497 e. The Labute approximate surface area is 119 Å². The van der Waals surface area contributed by atoms with E-state index in [4.69, 9.17) is 15.2 Å². The molecule has 104 valence electrons. The van der Waals surface area contributed by atoms with Crippen LogP contribution in [0.15, 0.2) is 42.5 Å². The van der Waals surface area contributed by atoms with Crippen molar-refractivity contribution in [2.45, 2.75) is 18.9 Å². The number of nitrogens with two attached hydrogens (primary N) is 1. The van der Waals surface area contributed by atoms with Crippen molar-refractivity contribution >= 4 is 0 Å². The highest BCUT2D eigenvalue weighted by molar-refractivity contribution is 5.52. The highest BCUT2D eigenvalue weighted by Crippen LogP contribution is 2.38. The molecule has 20 heavy (non-hydrogen) atoms. The predicted octanol–water partition coefficient (Wildman–Crippen LogP) is 2.85. The molecule has 3 rings (SSSR count). The van der Waals surface area contributed by atoms with Crippen LogP contribution < -0.4 is 15.2 Å². The molecule has 1 unspecified atom stereocenters. The number of rotatable bonds is 3. The molecule has 1 heterocycles. The summed E-state index contributed by atoms with van der Waals surface area (Å²) < 4.78 is 11.1. The third-order valence-electron chi connectivity index (χ3n) is 3.94. The number of hydrogen-bond acceptors (Lipinski definition) is 3. The fourth-order valence-corrected chi connectivity index (χ4v) is 2.73. The van der Waals surface area contributed by atoms with Crippen LogP contribution in [0.5, 0.6) is 11.5 Å². The molecule has 1 aliphatic rings. The van der Waals surface area contributed by atoms with Crippen molar-refractivity contribution in [3.8, 4) is 11.5 Å². The van der Waals surface area contributed by atoms with Crippen LogP contribution in [0.4, 0.5) is 0 Å². The monoisotopic (exact) mass is 269 g/mol. The Kier molecular flexibility index (Phi) is 3.14. The minimum absolute atomic E-state index is 0.607. The lowest BCUT2D eigenvalue weighted by atomic mass is 9.84. The molecular weight excluding hydrogens is 250 g/mol. The summed E-state index contributed by atoms with van der Waals surface area (Å²) >= 11 is 0. The molecule has 2 N–H and O–H groups in total. The number of hydrogen-bond donors (Lipinski definition) is 1. The maximum absolute atomic E-state index is 6.62. The third-order valence-corrected chi connectivity index (χ3v) is 3.94.